The van der Waals surface area contributed by atoms with Crippen LogP contribution in [-0.4, -0.2) is 35.1 Å². The van der Waals surface area contributed by atoms with Gasteiger partial charge in [0.1, 0.15) is 11.9 Å². The Balaban J connectivity index is 2.36. The zero-order valence-electron chi connectivity index (χ0n) is 10.1. The molecule has 1 fully saturated rings. The molecule has 0 aromatic carbocycles. The van der Waals surface area contributed by atoms with E-state index in [0.717, 1.165) is 5.56 Å². The highest BCUT2D eigenvalue weighted by Gasteiger charge is 2.28. The van der Waals surface area contributed by atoms with Gasteiger partial charge < -0.3 is 15.3 Å². The number of aliphatic hydroxyl groups is 1. The third-order valence-electron chi connectivity index (χ3n) is 3.04. The molecule has 0 aliphatic carbocycles. The second kappa shape index (κ2) is 4.71. The second-order valence-corrected chi connectivity index (χ2v) is 4.25. The molecule has 2 heterocycles. The third kappa shape index (κ3) is 2.24. The monoisotopic (exact) mass is 235 g/mol. The molecule has 92 valence electrons. The smallest absolute Gasteiger partial charge is 0.242 e. The van der Waals surface area contributed by atoms with Crippen LogP contribution in [0.4, 0.5) is 5.82 Å². The van der Waals surface area contributed by atoms with Gasteiger partial charge in [0.05, 0.1) is 6.10 Å². The topological polar surface area (TPSA) is 65.5 Å². The summed E-state index contributed by atoms with van der Waals surface area (Å²) in [5, 5.41) is 12.5. The molecule has 1 saturated heterocycles. The summed E-state index contributed by atoms with van der Waals surface area (Å²) in [6.45, 7) is 4.87. The molecule has 2 rings (SSSR count). The highest BCUT2D eigenvalue weighted by Crippen LogP contribution is 2.25. The number of piperazine rings is 1. The minimum absolute atomic E-state index is 0.00144. The fourth-order valence-corrected chi connectivity index (χ4v) is 2.05. The standard InChI is InChI=1S/C12H17N3O2/c1-8-12(17)14-6-7-15(8)11-10(9(2)16)4-3-5-13-11/h3-5,8-9,16H,6-7H2,1-2H3,(H,14,17)/t8?,9-/m0/s1. The Hall–Kier alpha value is -1.62. The number of rotatable bonds is 2. The number of pyridine rings is 1. The molecule has 2 N–H and O–H groups in total. The van der Waals surface area contributed by atoms with E-state index >= 15 is 0 Å². The molecule has 1 unspecified atom stereocenters. The molecule has 5 heteroatoms. The lowest BCUT2D eigenvalue weighted by molar-refractivity contribution is -0.122. The molecule has 0 radical (unpaired) electrons. The summed E-state index contributed by atoms with van der Waals surface area (Å²) < 4.78 is 0. The van der Waals surface area contributed by atoms with Crippen LogP contribution >= 0.6 is 0 Å². The van der Waals surface area contributed by atoms with Crippen molar-refractivity contribution in [3.8, 4) is 0 Å². The number of anilines is 1. The van der Waals surface area contributed by atoms with Crippen LogP contribution in [0.25, 0.3) is 0 Å². The van der Waals surface area contributed by atoms with Crippen molar-refractivity contribution in [1.29, 1.82) is 0 Å². The van der Waals surface area contributed by atoms with Crippen LogP contribution in [0.5, 0.6) is 0 Å². The SMILES string of the molecule is CC1C(=O)NCCN1c1ncccc1[C@H](C)O. The Morgan fingerprint density at radius 3 is 3.12 bits per heavy atom. The molecule has 2 atom stereocenters. The Labute approximate surface area is 100 Å². The van der Waals surface area contributed by atoms with Gasteiger partial charge in [0, 0.05) is 24.8 Å². The van der Waals surface area contributed by atoms with Crippen LogP contribution in [0.1, 0.15) is 25.5 Å². The molecule has 1 aliphatic rings. The number of carbonyl (C=O) groups excluding carboxylic acids is 1. The van der Waals surface area contributed by atoms with Gasteiger partial charge in [0.15, 0.2) is 0 Å². The van der Waals surface area contributed by atoms with Crippen LogP contribution in [0.2, 0.25) is 0 Å². The first-order valence-corrected chi connectivity index (χ1v) is 5.78. The number of nitrogens with one attached hydrogen (secondary N) is 1. The van der Waals surface area contributed by atoms with Crippen molar-refractivity contribution in [2.75, 3.05) is 18.0 Å². The highest BCUT2D eigenvalue weighted by atomic mass is 16.3. The number of hydrogen-bond donors (Lipinski definition) is 2. The molecule has 17 heavy (non-hydrogen) atoms. The Bertz CT molecular complexity index is 420. The minimum atomic E-state index is -0.587. The summed E-state index contributed by atoms with van der Waals surface area (Å²) in [5.41, 5.74) is 0.758. The molecule has 5 nitrogen and oxygen atoms in total. The van der Waals surface area contributed by atoms with Gasteiger partial charge in [-0.15, -0.1) is 0 Å². The maximum atomic E-state index is 11.6. The molecule has 1 aliphatic heterocycles. The van der Waals surface area contributed by atoms with Gasteiger partial charge in [-0.1, -0.05) is 6.07 Å². The fourth-order valence-electron chi connectivity index (χ4n) is 2.05. The predicted molar refractivity (Wildman–Crippen MR) is 64.7 cm³/mol. The van der Waals surface area contributed by atoms with E-state index in [2.05, 4.69) is 10.3 Å². The fraction of sp³-hybridized carbons (Fsp3) is 0.500. The van der Waals surface area contributed by atoms with Gasteiger partial charge in [0.25, 0.3) is 0 Å². The summed E-state index contributed by atoms with van der Waals surface area (Å²) >= 11 is 0. The van der Waals surface area contributed by atoms with Crippen molar-refractivity contribution >= 4 is 11.7 Å². The first-order valence-electron chi connectivity index (χ1n) is 5.78. The van der Waals surface area contributed by atoms with Crippen molar-refractivity contribution in [2.24, 2.45) is 0 Å². The lowest BCUT2D eigenvalue weighted by Gasteiger charge is -2.35. The molecule has 0 saturated carbocycles. The quantitative estimate of drug-likeness (QED) is 0.781. The normalized spacial score (nSPS) is 22.2. The second-order valence-electron chi connectivity index (χ2n) is 4.25. The minimum Gasteiger partial charge on any atom is -0.389 e. The van der Waals surface area contributed by atoms with Crippen molar-refractivity contribution in [3.63, 3.8) is 0 Å². The maximum Gasteiger partial charge on any atom is 0.242 e. The van der Waals surface area contributed by atoms with Crippen LogP contribution in [0.15, 0.2) is 18.3 Å². The van der Waals surface area contributed by atoms with E-state index in [9.17, 15) is 9.90 Å². The number of aliphatic hydroxyl groups excluding tert-OH is 1. The van der Waals surface area contributed by atoms with Gasteiger partial charge in [-0.3, -0.25) is 4.79 Å². The van der Waals surface area contributed by atoms with Gasteiger partial charge >= 0.3 is 0 Å². The number of hydrogen-bond acceptors (Lipinski definition) is 4. The number of nitrogens with zero attached hydrogens (tertiary/aromatic N) is 2. The summed E-state index contributed by atoms with van der Waals surface area (Å²) in [4.78, 5) is 17.8. The van der Waals surface area contributed by atoms with Crippen LogP contribution in [-0.2, 0) is 4.79 Å². The summed E-state index contributed by atoms with van der Waals surface area (Å²) in [5.74, 6) is 0.697. The van der Waals surface area contributed by atoms with Crippen LogP contribution in [0.3, 0.4) is 0 Å². The molecular formula is C12H17N3O2. The van der Waals surface area contributed by atoms with E-state index in [1.54, 1.807) is 19.2 Å². The van der Waals surface area contributed by atoms with Crippen LogP contribution in [0, 0.1) is 0 Å². The van der Waals surface area contributed by atoms with Gasteiger partial charge in [-0.05, 0) is 19.9 Å². The molecule has 0 bridgehead atoms. The average molecular weight is 235 g/mol. The lowest BCUT2D eigenvalue weighted by Crippen LogP contribution is -2.54. The van der Waals surface area contributed by atoms with Crippen LogP contribution < -0.4 is 10.2 Å². The van der Waals surface area contributed by atoms with Crippen molar-refractivity contribution in [3.05, 3.63) is 23.9 Å². The Morgan fingerprint density at radius 1 is 1.65 bits per heavy atom. The van der Waals surface area contributed by atoms with E-state index in [1.807, 2.05) is 17.9 Å². The summed E-state index contributed by atoms with van der Waals surface area (Å²) in [6, 6.07) is 3.38. The molecule has 1 amide bonds. The largest absolute Gasteiger partial charge is 0.389 e. The van der Waals surface area contributed by atoms with Gasteiger partial charge in [-0.2, -0.15) is 0 Å². The third-order valence-corrected chi connectivity index (χ3v) is 3.04. The van der Waals surface area contributed by atoms with E-state index in [1.165, 1.54) is 0 Å². The van der Waals surface area contributed by atoms with E-state index < -0.39 is 6.10 Å². The van der Waals surface area contributed by atoms with Crippen molar-refractivity contribution < 1.29 is 9.90 Å². The van der Waals surface area contributed by atoms with Crippen molar-refractivity contribution in [2.45, 2.75) is 26.0 Å². The molecule has 0 spiro atoms. The highest BCUT2D eigenvalue weighted by molar-refractivity contribution is 5.86. The zero-order chi connectivity index (χ0) is 12.4. The van der Waals surface area contributed by atoms with Gasteiger partial charge in [0.2, 0.25) is 5.91 Å². The lowest BCUT2D eigenvalue weighted by atomic mass is 10.1. The van der Waals surface area contributed by atoms with E-state index in [4.69, 9.17) is 0 Å². The number of aromatic nitrogens is 1. The van der Waals surface area contributed by atoms with Gasteiger partial charge in [-0.25, -0.2) is 4.98 Å². The first kappa shape index (κ1) is 11.9. The Kier molecular flexibility index (Phi) is 3.28. The number of amides is 1. The summed E-state index contributed by atoms with van der Waals surface area (Å²) in [6.07, 6.45) is 1.09. The molecule has 1 aromatic heterocycles. The first-order chi connectivity index (χ1) is 8.11. The zero-order valence-corrected chi connectivity index (χ0v) is 10.1. The Morgan fingerprint density at radius 2 is 2.41 bits per heavy atom. The molecular weight excluding hydrogens is 218 g/mol. The predicted octanol–water partition coefficient (Wildman–Crippen LogP) is 0.460. The number of carbonyl (C=O) groups is 1. The van der Waals surface area contributed by atoms with Crippen molar-refractivity contribution in [1.82, 2.24) is 10.3 Å². The van der Waals surface area contributed by atoms with E-state index in [0.29, 0.717) is 18.9 Å². The average Bonchev–Trinajstić information content (AvgIpc) is 2.33. The van der Waals surface area contributed by atoms with E-state index in [-0.39, 0.29) is 11.9 Å². The summed E-state index contributed by atoms with van der Waals surface area (Å²) in [7, 11) is 0. The maximum absolute atomic E-state index is 11.6. The molecule has 1 aromatic rings.